The van der Waals surface area contributed by atoms with E-state index in [0.29, 0.717) is 0 Å². The van der Waals surface area contributed by atoms with Crippen molar-refractivity contribution in [3.8, 4) is 0 Å². The molecule has 62 valence electrons. The van der Waals surface area contributed by atoms with Gasteiger partial charge in [0.15, 0.2) is 0 Å². The van der Waals surface area contributed by atoms with E-state index in [1.165, 1.54) is 21.2 Å². The average Bonchev–Trinajstić information content (AvgIpc) is 2.04. The maximum atomic E-state index is 2.50. The van der Waals surface area contributed by atoms with Crippen molar-refractivity contribution in [3.63, 3.8) is 0 Å². The van der Waals surface area contributed by atoms with Crippen molar-refractivity contribution in [2.75, 3.05) is 0 Å². The van der Waals surface area contributed by atoms with E-state index in [1.54, 1.807) is 10.8 Å². The Balaban J connectivity index is 2.52. The van der Waals surface area contributed by atoms with Crippen LogP contribution in [0.15, 0.2) is 24.3 Å². The van der Waals surface area contributed by atoms with E-state index in [-0.39, 0.29) is 0 Å². The maximum Gasteiger partial charge on any atom is 0.0780 e. The molecular formula is C10H14Si2. The van der Waals surface area contributed by atoms with Crippen molar-refractivity contribution in [1.82, 2.24) is 0 Å². The molecule has 1 aliphatic heterocycles. The molecule has 0 bridgehead atoms. The Bertz CT molecular complexity index is 292. The average molecular weight is 190 g/mol. The van der Waals surface area contributed by atoms with E-state index in [0.717, 1.165) is 0 Å². The van der Waals surface area contributed by atoms with Crippen LogP contribution in [0.5, 0.6) is 0 Å². The zero-order valence-corrected chi connectivity index (χ0v) is 9.72. The normalized spacial score (nSPS) is 20.2. The molecule has 0 aromatic heterocycles. The van der Waals surface area contributed by atoms with Crippen LogP contribution in [0, 0.1) is 0 Å². The van der Waals surface area contributed by atoms with Crippen LogP contribution in [0.3, 0.4) is 0 Å². The lowest BCUT2D eigenvalue weighted by atomic mass is 10.2. The lowest BCUT2D eigenvalue weighted by molar-refractivity contribution is 1.35. The zero-order chi connectivity index (χ0) is 8.60. The third-order valence-electron chi connectivity index (χ3n) is 2.63. The number of benzene rings is 1. The van der Waals surface area contributed by atoms with Gasteiger partial charge in [0.1, 0.15) is 0 Å². The van der Waals surface area contributed by atoms with Crippen LogP contribution in [0.1, 0.15) is 5.56 Å². The molecule has 0 atom stereocenters. The van der Waals surface area contributed by atoms with Crippen LogP contribution in [0.2, 0.25) is 18.8 Å². The molecule has 0 fully saturated rings. The smallest absolute Gasteiger partial charge is 0.0656 e. The predicted octanol–water partition coefficient (Wildman–Crippen LogP) is 1.78. The summed E-state index contributed by atoms with van der Waals surface area (Å²) in [6, 6.07) is 10.4. The highest BCUT2D eigenvalue weighted by Crippen LogP contribution is 2.17. The summed E-state index contributed by atoms with van der Waals surface area (Å²) in [5.41, 5.74) is 3.14. The summed E-state index contributed by atoms with van der Waals surface area (Å²) in [6.45, 7) is 5.00. The van der Waals surface area contributed by atoms with E-state index in [1.807, 2.05) is 0 Å². The highest BCUT2D eigenvalue weighted by molar-refractivity contribution is 6.96. The van der Waals surface area contributed by atoms with E-state index < -0.39 is 8.07 Å². The van der Waals surface area contributed by atoms with Gasteiger partial charge in [-0.05, 0) is 6.04 Å². The molecule has 0 nitrogen and oxygen atoms in total. The van der Waals surface area contributed by atoms with Crippen molar-refractivity contribution < 1.29 is 0 Å². The molecule has 2 heteroatoms. The first-order valence-electron chi connectivity index (χ1n) is 4.49. The summed E-state index contributed by atoms with van der Waals surface area (Å²) in [4.78, 5) is 0. The molecule has 0 unspecified atom stereocenters. The molecule has 12 heavy (non-hydrogen) atoms. The van der Waals surface area contributed by atoms with Crippen molar-refractivity contribution in [2.24, 2.45) is 0 Å². The van der Waals surface area contributed by atoms with Crippen molar-refractivity contribution >= 4 is 22.8 Å². The second-order valence-electron chi connectivity index (χ2n) is 4.14. The highest BCUT2D eigenvalue weighted by Gasteiger charge is 2.28. The fourth-order valence-electron chi connectivity index (χ4n) is 1.94. The number of hydrogen-bond acceptors (Lipinski definition) is 0. The van der Waals surface area contributed by atoms with Crippen LogP contribution in [-0.4, -0.2) is 17.6 Å². The summed E-state index contributed by atoms with van der Waals surface area (Å²) in [7, 11) is 0.183. The molecule has 0 amide bonds. The molecule has 0 spiro atoms. The lowest BCUT2D eigenvalue weighted by Gasteiger charge is -2.29. The van der Waals surface area contributed by atoms with E-state index in [2.05, 4.69) is 37.4 Å². The summed E-state index contributed by atoms with van der Waals surface area (Å²) >= 11 is 0. The maximum absolute atomic E-state index is 2.50. The molecule has 1 aromatic rings. The Morgan fingerprint density at radius 1 is 1.25 bits per heavy atom. The zero-order valence-electron chi connectivity index (χ0n) is 7.72. The van der Waals surface area contributed by atoms with Gasteiger partial charge in [-0.1, -0.05) is 53.8 Å². The quantitative estimate of drug-likeness (QED) is 0.547. The summed E-state index contributed by atoms with van der Waals surface area (Å²) in [5, 5.41) is 1.71. The van der Waals surface area contributed by atoms with Crippen LogP contribution in [0.25, 0.3) is 0 Å². The second kappa shape index (κ2) is 2.85. The van der Waals surface area contributed by atoms with Gasteiger partial charge in [0.05, 0.1) is 8.07 Å². The fourth-order valence-corrected chi connectivity index (χ4v) is 8.04. The van der Waals surface area contributed by atoms with Gasteiger partial charge in [-0.25, -0.2) is 0 Å². The standard InChI is InChI=1S/C10H14Si2/c1-12(2)8-11-7-9-5-3-4-6-10(9)12/h3-6H,7-8H2,1-2H3. The van der Waals surface area contributed by atoms with Gasteiger partial charge in [0.2, 0.25) is 0 Å². The van der Waals surface area contributed by atoms with E-state index >= 15 is 0 Å². The predicted molar refractivity (Wildman–Crippen MR) is 57.8 cm³/mol. The third-order valence-corrected chi connectivity index (χ3v) is 9.74. The Kier molecular flexibility index (Phi) is 1.96. The van der Waals surface area contributed by atoms with Gasteiger partial charge in [0, 0.05) is 9.52 Å². The van der Waals surface area contributed by atoms with Crippen LogP contribution in [0.4, 0.5) is 0 Å². The lowest BCUT2D eigenvalue weighted by Crippen LogP contribution is -2.48. The van der Waals surface area contributed by atoms with Gasteiger partial charge in [-0.3, -0.25) is 0 Å². The first-order valence-corrected chi connectivity index (χ1v) is 9.11. The Hall–Kier alpha value is -0.346. The third kappa shape index (κ3) is 1.29. The van der Waals surface area contributed by atoms with Gasteiger partial charge < -0.3 is 0 Å². The Morgan fingerprint density at radius 3 is 2.75 bits per heavy atom. The summed E-state index contributed by atoms with van der Waals surface area (Å²) in [6.07, 6.45) is 0. The van der Waals surface area contributed by atoms with Gasteiger partial charge in [-0.15, -0.1) is 0 Å². The number of rotatable bonds is 0. The topological polar surface area (TPSA) is 0 Å². The highest BCUT2D eigenvalue weighted by atomic mass is 28.4. The molecule has 0 aliphatic carbocycles. The molecule has 0 saturated carbocycles. The minimum atomic E-state index is -0.999. The Labute approximate surface area is 77.8 Å². The van der Waals surface area contributed by atoms with Gasteiger partial charge in [-0.2, -0.15) is 0 Å². The first-order chi connectivity index (χ1) is 5.70. The molecule has 1 aliphatic rings. The summed E-state index contributed by atoms with van der Waals surface area (Å²) in [5.74, 6) is 0. The number of fused-ring (bicyclic) bond motifs is 1. The van der Waals surface area contributed by atoms with E-state index in [4.69, 9.17) is 0 Å². The Morgan fingerprint density at radius 2 is 2.00 bits per heavy atom. The molecular weight excluding hydrogens is 176 g/mol. The van der Waals surface area contributed by atoms with Gasteiger partial charge >= 0.3 is 0 Å². The van der Waals surface area contributed by atoms with E-state index in [9.17, 15) is 0 Å². The largest absolute Gasteiger partial charge is 0.0780 e. The SMILES string of the molecule is C[Si]1(C)C[Si]Cc2ccccc21. The first kappa shape index (κ1) is 8.26. The van der Waals surface area contributed by atoms with Crippen LogP contribution in [-0.2, 0) is 6.04 Å². The molecule has 2 rings (SSSR count). The van der Waals surface area contributed by atoms with Crippen molar-refractivity contribution in [2.45, 2.75) is 24.8 Å². The van der Waals surface area contributed by atoms with Crippen molar-refractivity contribution in [3.05, 3.63) is 29.8 Å². The number of hydrogen-bond donors (Lipinski definition) is 0. The second-order valence-corrected chi connectivity index (χ2v) is 10.7. The molecule has 0 saturated heterocycles. The minimum Gasteiger partial charge on any atom is -0.0656 e. The van der Waals surface area contributed by atoms with Crippen LogP contribution >= 0.6 is 0 Å². The summed E-state index contributed by atoms with van der Waals surface area (Å²) < 4.78 is 0. The molecule has 1 heterocycles. The van der Waals surface area contributed by atoms with Gasteiger partial charge in [0.25, 0.3) is 0 Å². The fraction of sp³-hybridized carbons (Fsp3) is 0.400. The molecule has 0 N–H and O–H groups in total. The minimum absolute atomic E-state index is 0.999. The monoisotopic (exact) mass is 190 g/mol. The molecule has 2 radical (unpaired) electrons. The van der Waals surface area contributed by atoms with Crippen LogP contribution < -0.4 is 5.19 Å². The molecule has 1 aromatic carbocycles. The van der Waals surface area contributed by atoms with Crippen molar-refractivity contribution in [1.29, 1.82) is 0 Å².